The highest BCUT2D eigenvalue weighted by atomic mass is 16.5. The zero-order chi connectivity index (χ0) is 13.8. The van der Waals surface area contributed by atoms with Crippen LogP contribution in [0.25, 0.3) is 0 Å². The molecule has 1 aliphatic rings. The molecule has 0 aromatic heterocycles. The molecule has 4 heteroatoms. The van der Waals surface area contributed by atoms with Gasteiger partial charge in [0.25, 0.3) is 0 Å². The highest BCUT2D eigenvalue weighted by molar-refractivity contribution is 5.97. The van der Waals surface area contributed by atoms with Crippen molar-refractivity contribution in [2.24, 2.45) is 0 Å². The number of ether oxygens (including phenoxy) is 2. The van der Waals surface area contributed by atoms with Crippen molar-refractivity contribution in [2.75, 3.05) is 7.11 Å². The molecule has 1 aliphatic carbocycles. The lowest BCUT2D eigenvalue weighted by Crippen LogP contribution is -2.17. The van der Waals surface area contributed by atoms with E-state index in [0.29, 0.717) is 16.7 Å². The standard InChI is InChI=1S/C15H18O4/c1-10-12(14(16)18-2)8-5-9-13(10)15(17)19-11-6-3-4-7-11/h5,8-9,11H,3-4,6-7H2,1-2H3. The van der Waals surface area contributed by atoms with Gasteiger partial charge in [0.1, 0.15) is 6.10 Å². The first-order valence-electron chi connectivity index (χ1n) is 6.52. The number of methoxy groups -OCH3 is 1. The molecule has 0 amide bonds. The molecule has 1 saturated carbocycles. The summed E-state index contributed by atoms with van der Waals surface area (Å²) in [6.07, 6.45) is 4.11. The summed E-state index contributed by atoms with van der Waals surface area (Å²) >= 11 is 0. The number of hydrogen-bond acceptors (Lipinski definition) is 4. The predicted octanol–water partition coefficient (Wildman–Crippen LogP) is 2.88. The van der Waals surface area contributed by atoms with Crippen LogP contribution in [-0.2, 0) is 9.47 Å². The minimum absolute atomic E-state index is 0.0219. The molecular formula is C15H18O4. The quantitative estimate of drug-likeness (QED) is 0.786. The topological polar surface area (TPSA) is 52.6 Å². The van der Waals surface area contributed by atoms with Gasteiger partial charge in [-0.3, -0.25) is 0 Å². The Morgan fingerprint density at radius 3 is 2.26 bits per heavy atom. The van der Waals surface area contributed by atoms with E-state index in [1.165, 1.54) is 7.11 Å². The molecule has 0 unspecified atom stereocenters. The third kappa shape index (κ3) is 2.95. The summed E-state index contributed by atoms with van der Waals surface area (Å²) in [7, 11) is 1.32. The number of benzene rings is 1. The Kier molecular flexibility index (Phi) is 4.20. The molecule has 1 fully saturated rings. The second-order valence-electron chi connectivity index (χ2n) is 4.78. The van der Waals surface area contributed by atoms with Crippen LogP contribution in [0.2, 0.25) is 0 Å². The molecule has 0 radical (unpaired) electrons. The maximum Gasteiger partial charge on any atom is 0.338 e. The van der Waals surface area contributed by atoms with Gasteiger partial charge in [-0.1, -0.05) is 6.07 Å². The molecule has 0 spiro atoms. The van der Waals surface area contributed by atoms with E-state index >= 15 is 0 Å². The van der Waals surface area contributed by atoms with E-state index in [1.807, 2.05) is 0 Å². The van der Waals surface area contributed by atoms with E-state index in [9.17, 15) is 9.59 Å². The summed E-state index contributed by atoms with van der Waals surface area (Å²) in [6.45, 7) is 1.73. The van der Waals surface area contributed by atoms with Crippen LogP contribution >= 0.6 is 0 Å². The SMILES string of the molecule is COC(=O)c1cccc(C(=O)OC2CCCC2)c1C. The van der Waals surface area contributed by atoms with Crippen LogP contribution in [0.5, 0.6) is 0 Å². The number of esters is 2. The Hall–Kier alpha value is -1.84. The Morgan fingerprint density at radius 2 is 1.68 bits per heavy atom. The largest absolute Gasteiger partial charge is 0.465 e. The van der Waals surface area contributed by atoms with Crippen LogP contribution < -0.4 is 0 Å². The van der Waals surface area contributed by atoms with Gasteiger partial charge < -0.3 is 9.47 Å². The van der Waals surface area contributed by atoms with Gasteiger partial charge in [0, 0.05) is 0 Å². The van der Waals surface area contributed by atoms with Gasteiger partial charge in [0.2, 0.25) is 0 Å². The first-order chi connectivity index (χ1) is 9.13. The van der Waals surface area contributed by atoms with Gasteiger partial charge in [-0.15, -0.1) is 0 Å². The summed E-state index contributed by atoms with van der Waals surface area (Å²) in [6, 6.07) is 5.00. The van der Waals surface area contributed by atoms with Crippen molar-refractivity contribution < 1.29 is 19.1 Å². The maximum atomic E-state index is 12.1. The van der Waals surface area contributed by atoms with Crippen LogP contribution in [-0.4, -0.2) is 25.2 Å². The summed E-state index contributed by atoms with van der Waals surface area (Å²) in [4.78, 5) is 23.7. The van der Waals surface area contributed by atoms with Crippen LogP contribution in [0, 0.1) is 6.92 Å². The first-order valence-corrected chi connectivity index (χ1v) is 6.52. The smallest absolute Gasteiger partial charge is 0.338 e. The van der Waals surface area contributed by atoms with Gasteiger partial charge in [-0.25, -0.2) is 9.59 Å². The third-order valence-electron chi connectivity index (χ3n) is 3.53. The number of carbonyl (C=O) groups excluding carboxylic acids is 2. The first kappa shape index (κ1) is 13.6. The lowest BCUT2D eigenvalue weighted by molar-refractivity contribution is 0.0317. The van der Waals surface area contributed by atoms with Crippen molar-refractivity contribution in [3.05, 3.63) is 34.9 Å². The van der Waals surface area contributed by atoms with Crippen molar-refractivity contribution in [3.63, 3.8) is 0 Å². The molecule has 1 aromatic rings. The highest BCUT2D eigenvalue weighted by Gasteiger charge is 2.22. The molecule has 19 heavy (non-hydrogen) atoms. The fraction of sp³-hybridized carbons (Fsp3) is 0.467. The molecule has 1 aromatic carbocycles. The molecule has 2 rings (SSSR count). The van der Waals surface area contributed by atoms with Gasteiger partial charge >= 0.3 is 11.9 Å². The number of carbonyl (C=O) groups is 2. The monoisotopic (exact) mass is 262 g/mol. The predicted molar refractivity (Wildman–Crippen MR) is 70.2 cm³/mol. The average molecular weight is 262 g/mol. The summed E-state index contributed by atoms with van der Waals surface area (Å²) in [5, 5.41) is 0. The molecule has 0 N–H and O–H groups in total. The lowest BCUT2D eigenvalue weighted by atomic mass is 10.0. The highest BCUT2D eigenvalue weighted by Crippen LogP contribution is 2.23. The van der Waals surface area contributed by atoms with Crippen molar-refractivity contribution in [2.45, 2.75) is 38.7 Å². The van der Waals surface area contributed by atoms with Gasteiger partial charge in [-0.05, 0) is 50.3 Å². The number of hydrogen-bond donors (Lipinski definition) is 0. The summed E-state index contributed by atoms with van der Waals surface area (Å²) < 4.78 is 10.1. The Balaban J connectivity index is 2.19. The molecular weight excluding hydrogens is 244 g/mol. The maximum absolute atomic E-state index is 12.1. The molecule has 0 bridgehead atoms. The van der Waals surface area contributed by atoms with Crippen LogP contribution in [0.3, 0.4) is 0 Å². The van der Waals surface area contributed by atoms with Crippen molar-refractivity contribution in [1.82, 2.24) is 0 Å². The number of rotatable bonds is 3. The van der Waals surface area contributed by atoms with E-state index in [2.05, 4.69) is 0 Å². The Morgan fingerprint density at radius 1 is 1.11 bits per heavy atom. The normalized spacial score (nSPS) is 15.3. The summed E-state index contributed by atoms with van der Waals surface area (Å²) in [5.74, 6) is -0.789. The van der Waals surface area contributed by atoms with Crippen LogP contribution in [0.4, 0.5) is 0 Å². The van der Waals surface area contributed by atoms with Crippen molar-refractivity contribution in [3.8, 4) is 0 Å². The fourth-order valence-electron chi connectivity index (χ4n) is 2.41. The average Bonchev–Trinajstić information content (AvgIpc) is 2.90. The van der Waals surface area contributed by atoms with E-state index in [0.717, 1.165) is 25.7 Å². The summed E-state index contributed by atoms with van der Waals surface area (Å²) in [5.41, 5.74) is 1.45. The molecule has 0 aliphatic heterocycles. The van der Waals surface area contributed by atoms with Gasteiger partial charge in [-0.2, -0.15) is 0 Å². The molecule has 0 atom stereocenters. The van der Waals surface area contributed by atoms with Gasteiger partial charge in [0.15, 0.2) is 0 Å². The van der Waals surface area contributed by atoms with Gasteiger partial charge in [0.05, 0.1) is 18.2 Å². The third-order valence-corrected chi connectivity index (χ3v) is 3.53. The molecule has 0 heterocycles. The van der Waals surface area contributed by atoms with Crippen molar-refractivity contribution in [1.29, 1.82) is 0 Å². The van der Waals surface area contributed by atoms with E-state index < -0.39 is 5.97 Å². The van der Waals surface area contributed by atoms with Crippen LogP contribution in [0.15, 0.2) is 18.2 Å². The van der Waals surface area contributed by atoms with E-state index in [1.54, 1.807) is 25.1 Å². The fourth-order valence-corrected chi connectivity index (χ4v) is 2.41. The molecule has 102 valence electrons. The zero-order valence-corrected chi connectivity index (χ0v) is 11.3. The lowest BCUT2D eigenvalue weighted by Gasteiger charge is -2.13. The Bertz CT molecular complexity index is 487. The van der Waals surface area contributed by atoms with Crippen LogP contribution in [0.1, 0.15) is 52.0 Å². The molecule has 0 saturated heterocycles. The Labute approximate surface area is 112 Å². The second kappa shape index (κ2) is 5.87. The molecule has 4 nitrogen and oxygen atoms in total. The van der Waals surface area contributed by atoms with E-state index in [-0.39, 0.29) is 12.1 Å². The second-order valence-corrected chi connectivity index (χ2v) is 4.78. The zero-order valence-electron chi connectivity index (χ0n) is 11.3. The minimum atomic E-state index is -0.437. The van der Waals surface area contributed by atoms with Crippen molar-refractivity contribution >= 4 is 11.9 Å². The minimum Gasteiger partial charge on any atom is -0.465 e. The van der Waals surface area contributed by atoms with E-state index in [4.69, 9.17) is 9.47 Å².